The maximum Gasteiger partial charge on any atom is 0.416 e. The Morgan fingerprint density at radius 3 is 2.78 bits per heavy atom. The van der Waals surface area contributed by atoms with E-state index in [9.17, 15) is 18.0 Å². The monoisotopic (exact) mass is 518 g/mol. The number of carbonyl (C=O) groups is 1. The van der Waals surface area contributed by atoms with E-state index >= 15 is 0 Å². The molecule has 2 aromatic heterocycles. The van der Waals surface area contributed by atoms with E-state index in [0.717, 1.165) is 12.1 Å². The lowest BCUT2D eigenvalue weighted by atomic mass is 10.2. The topological polar surface area (TPSA) is 130 Å². The fourth-order valence-electron chi connectivity index (χ4n) is 3.50. The normalized spacial score (nSPS) is 12.7. The number of nitrogens with zero attached hydrogens (tertiary/aromatic N) is 4. The quantitative estimate of drug-likeness (QED) is 0.359. The van der Waals surface area contributed by atoms with Gasteiger partial charge in [0.2, 0.25) is 18.5 Å². The maximum atomic E-state index is 12.9. The molecule has 0 saturated heterocycles. The number of amides is 1. The molecule has 4 aromatic rings. The first kappa shape index (κ1) is 23.5. The molecule has 0 bridgehead atoms. The lowest BCUT2D eigenvalue weighted by Gasteiger charge is -2.10. The fourth-order valence-corrected chi connectivity index (χ4v) is 4.08. The zero-order valence-corrected chi connectivity index (χ0v) is 19.3. The van der Waals surface area contributed by atoms with Crippen molar-refractivity contribution < 1.29 is 32.0 Å². The fraction of sp³-hybridized carbons (Fsp3) is 0.182. The second-order valence-corrected chi connectivity index (χ2v) is 8.34. The van der Waals surface area contributed by atoms with Crippen molar-refractivity contribution >= 4 is 29.2 Å². The molecule has 0 unspecified atom stereocenters. The lowest BCUT2D eigenvalue weighted by molar-refractivity contribution is -0.137. The Kier molecular flexibility index (Phi) is 5.96. The number of aromatic nitrogens is 4. The van der Waals surface area contributed by atoms with E-state index in [1.165, 1.54) is 28.6 Å². The molecule has 186 valence electrons. The highest BCUT2D eigenvalue weighted by molar-refractivity contribution is 7.98. The van der Waals surface area contributed by atoms with E-state index in [0.29, 0.717) is 27.7 Å². The van der Waals surface area contributed by atoms with Gasteiger partial charge in [0.05, 0.1) is 5.56 Å². The number of hydrogen-bond donors (Lipinski definition) is 2. The van der Waals surface area contributed by atoms with Crippen molar-refractivity contribution in [2.24, 2.45) is 0 Å². The van der Waals surface area contributed by atoms with E-state index in [-0.39, 0.29) is 36.6 Å². The number of nitrogens with one attached hydrogen (secondary N) is 1. The number of hydrogen-bond acceptors (Lipinski definition) is 9. The van der Waals surface area contributed by atoms with Gasteiger partial charge in [-0.15, -0.1) is 11.8 Å². The summed E-state index contributed by atoms with van der Waals surface area (Å²) < 4.78 is 56.1. The molecule has 1 amide bonds. The highest BCUT2D eigenvalue weighted by Crippen LogP contribution is 2.38. The van der Waals surface area contributed by atoms with Crippen LogP contribution < -0.4 is 20.5 Å². The molecule has 1 aliphatic heterocycles. The molecule has 0 spiro atoms. The average Bonchev–Trinajstić information content (AvgIpc) is 3.57. The Bertz CT molecular complexity index is 1450. The van der Waals surface area contributed by atoms with Crippen LogP contribution in [0.3, 0.4) is 0 Å². The molecule has 14 heteroatoms. The number of benzene rings is 2. The summed E-state index contributed by atoms with van der Waals surface area (Å²) in [5.41, 5.74) is 6.34. The zero-order valence-electron chi connectivity index (χ0n) is 18.5. The second-order valence-electron chi connectivity index (χ2n) is 7.55. The van der Waals surface area contributed by atoms with Gasteiger partial charge in [-0.2, -0.15) is 23.3 Å². The molecule has 0 atom stereocenters. The van der Waals surface area contributed by atoms with Gasteiger partial charge in [-0.25, -0.2) is 4.68 Å². The van der Waals surface area contributed by atoms with Gasteiger partial charge in [-0.05, 0) is 42.7 Å². The van der Waals surface area contributed by atoms with Crippen molar-refractivity contribution in [3.05, 3.63) is 48.0 Å². The first-order valence-corrected chi connectivity index (χ1v) is 11.6. The Morgan fingerprint density at radius 1 is 1.19 bits per heavy atom. The van der Waals surface area contributed by atoms with Gasteiger partial charge in [0, 0.05) is 11.3 Å². The summed E-state index contributed by atoms with van der Waals surface area (Å²) in [7, 11) is 0. The number of anilines is 2. The summed E-state index contributed by atoms with van der Waals surface area (Å²) in [6.45, 7) is -0.219. The predicted molar refractivity (Wildman–Crippen MR) is 123 cm³/mol. The van der Waals surface area contributed by atoms with Crippen LogP contribution in [-0.2, 0) is 17.5 Å². The minimum absolute atomic E-state index is 0.00358. The van der Waals surface area contributed by atoms with E-state index in [4.69, 9.17) is 19.7 Å². The van der Waals surface area contributed by atoms with E-state index in [2.05, 4.69) is 20.6 Å². The number of fused-ring (bicyclic) bond motifs is 1. The number of nitrogen functional groups attached to an aromatic ring is 1. The van der Waals surface area contributed by atoms with Crippen LogP contribution in [0.2, 0.25) is 0 Å². The zero-order chi connectivity index (χ0) is 25.4. The Labute approximate surface area is 205 Å². The SMILES string of the molecule is CSc1nn(CC(=O)Nc2cccc(C(F)(F)F)c2)c(N)c1-c1nc(-c2ccc3c(c2)OCO3)no1. The smallest absolute Gasteiger partial charge is 0.416 e. The van der Waals surface area contributed by atoms with Crippen LogP contribution in [-0.4, -0.2) is 38.9 Å². The van der Waals surface area contributed by atoms with Crippen LogP contribution in [0.25, 0.3) is 22.8 Å². The third kappa shape index (κ3) is 4.54. The number of halogens is 3. The second kappa shape index (κ2) is 9.11. The minimum atomic E-state index is -4.53. The molecular formula is C22H17F3N6O4S. The van der Waals surface area contributed by atoms with Crippen LogP contribution in [0.5, 0.6) is 11.5 Å². The van der Waals surface area contributed by atoms with Gasteiger partial charge in [-0.3, -0.25) is 4.79 Å². The number of rotatable bonds is 6. The minimum Gasteiger partial charge on any atom is -0.454 e. The maximum absolute atomic E-state index is 12.9. The van der Waals surface area contributed by atoms with Crippen molar-refractivity contribution in [1.29, 1.82) is 0 Å². The molecule has 0 saturated carbocycles. The van der Waals surface area contributed by atoms with Gasteiger partial charge in [-0.1, -0.05) is 11.2 Å². The number of nitrogens with two attached hydrogens (primary N) is 1. The molecule has 2 aromatic carbocycles. The highest BCUT2D eigenvalue weighted by atomic mass is 32.2. The Hall–Kier alpha value is -4.20. The summed E-state index contributed by atoms with van der Waals surface area (Å²) in [5.74, 6) is 1.01. The molecule has 10 nitrogen and oxygen atoms in total. The number of thioether (sulfide) groups is 1. The summed E-state index contributed by atoms with van der Waals surface area (Å²) in [6, 6.07) is 9.53. The van der Waals surface area contributed by atoms with Crippen molar-refractivity contribution in [2.45, 2.75) is 17.7 Å². The van der Waals surface area contributed by atoms with Crippen molar-refractivity contribution in [3.63, 3.8) is 0 Å². The van der Waals surface area contributed by atoms with Crippen LogP contribution >= 0.6 is 11.8 Å². The molecule has 3 heterocycles. The van der Waals surface area contributed by atoms with Crippen LogP contribution in [0.15, 0.2) is 52.0 Å². The predicted octanol–water partition coefficient (Wildman–Crippen LogP) is 4.29. The van der Waals surface area contributed by atoms with Crippen LogP contribution in [0, 0.1) is 0 Å². The van der Waals surface area contributed by atoms with E-state index in [1.807, 2.05) is 0 Å². The first-order chi connectivity index (χ1) is 17.2. The molecule has 36 heavy (non-hydrogen) atoms. The molecule has 3 N–H and O–H groups in total. The molecular weight excluding hydrogens is 501 g/mol. The van der Waals surface area contributed by atoms with Gasteiger partial charge in [0.1, 0.15) is 23.0 Å². The van der Waals surface area contributed by atoms with Crippen molar-refractivity contribution in [1.82, 2.24) is 19.9 Å². The standard InChI is InChI=1S/C22H17F3N6O4S/c1-36-21-17(20-28-19(30-35-20)11-5-6-14-15(7-11)34-10-33-14)18(26)31(29-21)9-16(32)27-13-4-2-3-12(8-13)22(23,24)25/h2-8H,9-10,26H2,1H3,(H,27,32). The van der Waals surface area contributed by atoms with Gasteiger partial charge in [0.25, 0.3) is 5.89 Å². The summed E-state index contributed by atoms with van der Waals surface area (Å²) in [4.78, 5) is 16.9. The average molecular weight is 518 g/mol. The van der Waals surface area contributed by atoms with Gasteiger partial charge >= 0.3 is 6.18 Å². The summed E-state index contributed by atoms with van der Waals surface area (Å²) in [6.07, 6.45) is -2.77. The van der Waals surface area contributed by atoms with Crippen molar-refractivity contribution in [3.8, 4) is 34.3 Å². The highest BCUT2D eigenvalue weighted by Gasteiger charge is 2.30. The number of ether oxygens (including phenoxy) is 2. The van der Waals surface area contributed by atoms with Gasteiger partial charge < -0.3 is 25.0 Å². The first-order valence-electron chi connectivity index (χ1n) is 10.3. The summed E-state index contributed by atoms with van der Waals surface area (Å²) >= 11 is 1.25. The largest absolute Gasteiger partial charge is 0.454 e. The third-order valence-electron chi connectivity index (χ3n) is 5.19. The van der Waals surface area contributed by atoms with Crippen LogP contribution in [0.1, 0.15) is 5.56 Å². The molecule has 0 fully saturated rings. The lowest BCUT2D eigenvalue weighted by Crippen LogP contribution is -2.21. The van der Waals surface area contributed by atoms with E-state index in [1.54, 1.807) is 24.5 Å². The molecule has 0 aliphatic carbocycles. The molecule has 5 rings (SSSR count). The Morgan fingerprint density at radius 2 is 2.00 bits per heavy atom. The Balaban J connectivity index is 1.37. The number of carbonyl (C=O) groups excluding carboxylic acids is 1. The van der Waals surface area contributed by atoms with Crippen LogP contribution in [0.4, 0.5) is 24.7 Å². The van der Waals surface area contributed by atoms with Gasteiger partial charge in [0.15, 0.2) is 11.5 Å². The summed E-state index contributed by atoms with van der Waals surface area (Å²) in [5, 5.41) is 11.2. The van der Waals surface area contributed by atoms with E-state index < -0.39 is 17.6 Å². The van der Waals surface area contributed by atoms with Crippen molar-refractivity contribution in [2.75, 3.05) is 24.1 Å². The third-order valence-corrected chi connectivity index (χ3v) is 5.86. The molecule has 1 aliphatic rings. The number of alkyl halides is 3. The molecule has 0 radical (unpaired) electrons.